The van der Waals surface area contributed by atoms with E-state index in [1.807, 2.05) is 30.3 Å². The molecule has 1 heterocycles. The second-order valence-corrected chi connectivity index (χ2v) is 7.95. The Balaban J connectivity index is 1.74. The van der Waals surface area contributed by atoms with Gasteiger partial charge in [-0.2, -0.15) is 4.31 Å². The van der Waals surface area contributed by atoms with Gasteiger partial charge in [0.05, 0.1) is 0 Å². The predicted molar refractivity (Wildman–Crippen MR) is 91.5 cm³/mol. The van der Waals surface area contributed by atoms with Crippen LogP contribution < -0.4 is 0 Å². The van der Waals surface area contributed by atoms with Crippen molar-refractivity contribution in [1.29, 1.82) is 0 Å². The monoisotopic (exact) mass is 366 g/mol. The van der Waals surface area contributed by atoms with E-state index < -0.39 is 26.6 Å². The SMILES string of the molecule is C[C@H](c1ccccc1)N1CCN(S(=O)(=O)c2c(F)cccc2F)CC1. The zero-order chi connectivity index (χ0) is 18.0. The number of hydrogen-bond donors (Lipinski definition) is 0. The van der Waals surface area contributed by atoms with E-state index in [1.54, 1.807) is 0 Å². The maximum absolute atomic E-state index is 13.9. The summed E-state index contributed by atoms with van der Waals surface area (Å²) in [5.41, 5.74) is 1.15. The van der Waals surface area contributed by atoms with Crippen LogP contribution in [0.1, 0.15) is 18.5 Å². The van der Waals surface area contributed by atoms with E-state index in [0.717, 1.165) is 28.1 Å². The summed E-state index contributed by atoms with van der Waals surface area (Å²) >= 11 is 0. The van der Waals surface area contributed by atoms with Crippen molar-refractivity contribution in [3.05, 3.63) is 65.7 Å². The van der Waals surface area contributed by atoms with Crippen LogP contribution >= 0.6 is 0 Å². The molecule has 2 aromatic rings. The summed E-state index contributed by atoms with van der Waals surface area (Å²) in [6.07, 6.45) is 0. The second kappa shape index (κ2) is 7.19. The highest BCUT2D eigenvalue weighted by Crippen LogP contribution is 2.26. The fourth-order valence-corrected chi connectivity index (χ4v) is 4.66. The molecular weight excluding hydrogens is 346 g/mol. The molecule has 0 amide bonds. The molecule has 134 valence electrons. The summed E-state index contributed by atoms with van der Waals surface area (Å²) < 4.78 is 54.1. The Labute approximate surface area is 146 Å². The van der Waals surface area contributed by atoms with Crippen molar-refractivity contribution in [2.45, 2.75) is 17.9 Å². The van der Waals surface area contributed by atoms with Gasteiger partial charge in [0.25, 0.3) is 0 Å². The average Bonchev–Trinajstić information content (AvgIpc) is 2.61. The van der Waals surface area contributed by atoms with Crippen molar-refractivity contribution in [3.63, 3.8) is 0 Å². The van der Waals surface area contributed by atoms with Crippen LogP contribution in [0, 0.1) is 11.6 Å². The van der Waals surface area contributed by atoms with Crippen LogP contribution in [0.25, 0.3) is 0 Å². The zero-order valence-electron chi connectivity index (χ0n) is 13.9. The van der Waals surface area contributed by atoms with Gasteiger partial charge in [0.15, 0.2) is 4.90 Å². The van der Waals surface area contributed by atoms with Gasteiger partial charge in [0.2, 0.25) is 10.0 Å². The smallest absolute Gasteiger partial charge is 0.249 e. The van der Waals surface area contributed by atoms with Gasteiger partial charge in [0.1, 0.15) is 11.6 Å². The molecule has 1 aliphatic rings. The number of benzene rings is 2. The molecule has 0 N–H and O–H groups in total. The normalized spacial score (nSPS) is 18.2. The Morgan fingerprint density at radius 1 is 0.880 bits per heavy atom. The molecule has 1 saturated heterocycles. The fourth-order valence-electron chi connectivity index (χ4n) is 3.13. The fraction of sp³-hybridized carbons (Fsp3) is 0.333. The number of halogens is 2. The highest BCUT2D eigenvalue weighted by Gasteiger charge is 2.34. The maximum Gasteiger partial charge on any atom is 0.249 e. The number of nitrogens with zero attached hydrogens (tertiary/aromatic N) is 2. The molecule has 0 unspecified atom stereocenters. The first kappa shape index (κ1) is 18.0. The Morgan fingerprint density at radius 3 is 2.00 bits per heavy atom. The van der Waals surface area contributed by atoms with Gasteiger partial charge in [-0.25, -0.2) is 17.2 Å². The summed E-state index contributed by atoms with van der Waals surface area (Å²) in [6, 6.07) is 13.2. The van der Waals surface area contributed by atoms with Gasteiger partial charge in [-0.15, -0.1) is 0 Å². The molecule has 0 spiro atoms. The van der Waals surface area contributed by atoms with Gasteiger partial charge in [0, 0.05) is 32.2 Å². The van der Waals surface area contributed by atoms with E-state index in [1.165, 1.54) is 0 Å². The summed E-state index contributed by atoms with van der Waals surface area (Å²) in [6.45, 7) is 3.48. The lowest BCUT2D eigenvalue weighted by atomic mass is 10.1. The van der Waals surface area contributed by atoms with E-state index in [9.17, 15) is 17.2 Å². The molecule has 4 nitrogen and oxygen atoms in total. The third-order valence-electron chi connectivity index (χ3n) is 4.62. The van der Waals surface area contributed by atoms with Crippen molar-refractivity contribution in [2.75, 3.05) is 26.2 Å². The van der Waals surface area contributed by atoms with Crippen LogP contribution in [0.3, 0.4) is 0 Å². The van der Waals surface area contributed by atoms with E-state index >= 15 is 0 Å². The molecule has 0 aromatic heterocycles. The molecule has 1 atom stereocenters. The molecule has 25 heavy (non-hydrogen) atoms. The molecule has 0 saturated carbocycles. The van der Waals surface area contributed by atoms with Crippen molar-refractivity contribution in [2.24, 2.45) is 0 Å². The van der Waals surface area contributed by atoms with Gasteiger partial charge in [-0.1, -0.05) is 36.4 Å². The standard InChI is InChI=1S/C18H20F2N2O2S/c1-14(15-6-3-2-4-7-15)21-10-12-22(13-11-21)25(23,24)18-16(19)8-5-9-17(18)20/h2-9,14H,10-13H2,1H3/t14-/m1/s1. The summed E-state index contributed by atoms with van der Waals surface area (Å²) in [4.78, 5) is 1.30. The Bertz CT molecular complexity index is 815. The van der Waals surface area contributed by atoms with Gasteiger partial charge in [-0.05, 0) is 24.6 Å². The molecule has 3 rings (SSSR count). The van der Waals surface area contributed by atoms with Gasteiger partial charge >= 0.3 is 0 Å². The molecule has 0 bridgehead atoms. The minimum atomic E-state index is -4.18. The van der Waals surface area contributed by atoms with Crippen molar-refractivity contribution >= 4 is 10.0 Å². The third kappa shape index (κ3) is 3.58. The minimum Gasteiger partial charge on any atom is -0.294 e. The molecule has 1 aliphatic heterocycles. The minimum absolute atomic E-state index is 0.149. The lowest BCUT2D eigenvalue weighted by Crippen LogP contribution is -2.49. The topological polar surface area (TPSA) is 40.6 Å². The van der Waals surface area contributed by atoms with Gasteiger partial charge < -0.3 is 0 Å². The van der Waals surface area contributed by atoms with E-state index in [4.69, 9.17) is 0 Å². The predicted octanol–water partition coefficient (Wildman–Crippen LogP) is 3.03. The van der Waals surface area contributed by atoms with E-state index in [2.05, 4.69) is 11.8 Å². The van der Waals surface area contributed by atoms with E-state index in [-0.39, 0.29) is 19.1 Å². The van der Waals surface area contributed by atoms with Crippen LogP contribution in [-0.2, 0) is 10.0 Å². The summed E-state index contributed by atoms with van der Waals surface area (Å²) in [5.74, 6) is -2.11. The van der Waals surface area contributed by atoms with Crippen molar-refractivity contribution < 1.29 is 17.2 Å². The quantitative estimate of drug-likeness (QED) is 0.835. The van der Waals surface area contributed by atoms with Crippen LogP contribution in [-0.4, -0.2) is 43.8 Å². The number of hydrogen-bond acceptors (Lipinski definition) is 3. The highest BCUT2D eigenvalue weighted by atomic mass is 32.2. The largest absolute Gasteiger partial charge is 0.294 e. The highest BCUT2D eigenvalue weighted by molar-refractivity contribution is 7.89. The molecule has 0 aliphatic carbocycles. The average molecular weight is 366 g/mol. The van der Waals surface area contributed by atoms with Crippen LogP contribution in [0.5, 0.6) is 0 Å². The first-order valence-electron chi connectivity index (χ1n) is 8.14. The van der Waals surface area contributed by atoms with E-state index in [0.29, 0.717) is 13.1 Å². The van der Waals surface area contributed by atoms with Crippen LogP contribution in [0.15, 0.2) is 53.4 Å². The second-order valence-electron chi connectivity index (χ2n) is 6.08. The lowest BCUT2D eigenvalue weighted by Gasteiger charge is -2.37. The Kier molecular flexibility index (Phi) is 5.17. The van der Waals surface area contributed by atoms with Crippen LogP contribution in [0.2, 0.25) is 0 Å². The molecule has 2 aromatic carbocycles. The summed E-state index contributed by atoms with van der Waals surface area (Å²) in [7, 11) is -4.18. The zero-order valence-corrected chi connectivity index (χ0v) is 14.7. The van der Waals surface area contributed by atoms with Crippen molar-refractivity contribution in [3.8, 4) is 0 Å². The molecular formula is C18H20F2N2O2S. The van der Waals surface area contributed by atoms with Gasteiger partial charge in [-0.3, -0.25) is 4.90 Å². The Hall–Kier alpha value is -1.83. The maximum atomic E-state index is 13.9. The first-order valence-corrected chi connectivity index (χ1v) is 9.58. The number of sulfonamides is 1. The molecule has 7 heteroatoms. The van der Waals surface area contributed by atoms with Crippen LogP contribution in [0.4, 0.5) is 8.78 Å². The summed E-state index contributed by atoms with van der Waals surface area (Å²) in [5, 5.41) is 0. The Morgan fingerprint density at radius 2 is 1.44 bits per heavy atom. The number of piperazine rings is 1. The number of rotatable bonds is 4. The first-order chi connectivity index (χ1) is 11.9. The molecule has 1 fully saturated rings. The third-order valence-corrected chi connectivity index (χ3v) is 6.57. The van der Waals surface area contributed by atoms with Crippen molar-refractivity contribution in [1.82, 2.24) is 9.21 Å². The molecule has 0 radical (unpaired) electrons. The lowest BCUT2D eigenvalue weighted by molar-refractivity contribution is 0.145.